The van der Waals surface area contributed by atoms with Gasteiger partial charge in [0.1, 0.15) is 5.82 Å². The lowest BCUT2D eigenvalue weighted by Gasteiger charge is -2.46. The largest absolute Gasteiger partial charge is 0.345 e. The number of rotatable bonds is 5. The van der Waals surface area contributed by atoms with Gasteiger partial charge in [-0.15, -0.1) is 5.10 Å². The van der Waals surface area contributed by atoms with Crippen LogP contribution in [0.5, 0.6) is 0 Å². The van der Waals surface area contributed by atoms with E-state index in [0.717, 1.165) is 81.6 Å². The average Bonchev–Trinajstić information content (AvgIpc) is 3.61. The van der Waals surface area contributed by atoms with Crippen LogP contribution in [-0.4, -0.2) is 57.4 Å². The summed E-state index contributed by atoms with van der Waals surface area (Å²) in [5.74, 6) is -1.07. The lowest BCUT2D eigenvalue weighted by molar-refractivity contribution is 0.0282. The molecule has 2 aromatic carbocycles. The fourth-order valence-corrected chi connectivity index (χ4v) is 6.94. The average molecular weight is 568 g/mol. The molecule has 1 atom stereocenters. The molecule has 2 aliphatic heterocycles. The van der Waals surface area contributed by atoms with Crippen molar-refractivity contribution in [3.63, 3.8) is 0 Å². The number of piperidine rings is 2. The molecule has 0 bridgehead atoms. The van der Waals surface area contributed by atoms with Gasteiger partial charge in [-0.3, -0.25) is 14.5 Å². The number of nitrogens with zero attached hydrogens (tertiary/aromatic N) is 4. The smallest absolute Gasteiger partial charge is 0.254 e. The maximum absolute atomic E-state index is 14.2. The van der Waals surface area contributed by atoms with Gasteiger partial charge in [0.2, 0.25) is 0 Å². The first kappa shape index (κ1) is 26.3. The van der Waals surface area contributed by atoms with E-state index in [1.165, 1.54) is 29.7 Å². The first-order valence-electron chi connectivity index (χ1n) is 13.6. The summed E-state index contributed by atoms with van der Waals surface area (Å²) in [4.78, 5) is 30.7. The van der Waals surface area contributed by atoms with Gasteiger partial charge in [-0.25, -0.2) is 4.39 Å². The molecule has 7 nitrogen and oxygen atoms in total. The first-order chi connectivity index (χ1) is 18.9. The number of likely N-dealkylation sites (tertiary alicyclic amines) is 2. The second-order valence-electron chi connectivity index (χ2n) is 11.1. The summed E-state index contributed by atoms with van der Waals surface area (Å²) in [6.07, 6.45) is 5.87. The van der Waals surface area contributed by atoms with E-state index in [0.29, 0.717) is 22.4 Å². The molecule has 39 heavy (non-hydrogen) atoms. The number of amides is 2. The molecule has 3 aliphatic rings. The Morgan fingerprint density at radius 2 is 1.85 bits per heavy atom. The van der Waals surface area contributed by atoms with E-state index in [9.17, 15) is 14.0 Å². The van der Waals surface area contributed by atoms with Gasteiger partial charge in [0.15, 0.2) is 0 Å². The van der Waals surface area contributed by atoms with Crippen molar-refractivity contribution in [2.45, 2.75) is 51.1 Å². The minimum atomic E-state index is -0.607. The summed E-state index contributed by atoms with van der Waals surface area (Å²) >= 11 is 7.37. The molecule has 0 radical (unpaired) electrons. The van der Waals surface area contributed by atoms with Crippen LogP contribution in [0.2, 0.25) is 5.02 Å². The van der Waals surface area contributed by atoms with Crippen LogP contribution in [0.3, 0.4) is 0 Å². The van der Waals surface area contributed by atoms with Gasteiger partial charge < -0.3 is 10.2 Å². The fourth-order valence-electron chi connectivity index (χ4n) is 6.33. The van der Waals surface area contributed by atoms with Gasteiger partial charge in [0.25, 0.3) is 11.8 Å². The number of hydrogen-bond acceptors (Lipinski definition) is 6. The predicted octanol–water partition coefficient (Wildman–Crippen LogP) is 5.27. The zero-order chi connectivity index (χ0) is 27.0. The lowest BCUT2D eigenvalue weighted by atomic mass is 9.71. The second-order valence-corrected chi connectivity index (χ2v) is 12.1. The standard InChI is InChI=1S/C29H31ClFN5O2S/c30-21-4-5-25(31)24(16-21)27(37)32-26-6-3-19-1-2-20(15-23(19)26)28(38)36-13-9-29(10-14-36)7-11-35(12-8-29)17-22-18-39-34-33-22/h1-2,4-5,15-16,18,26H,3,6-14,17H2,(H,32,37). The van der Waals surface area contributed by atoms with Gasteiger partial charge in [0, 0.05) is 35.6 Å². The quantitative estimate of drug-likeness (QED) is 0.455. The molecule has 2 fully saturated rings. The number of aryl methyl sites for hydroxylation is 1. The Kier molecular flexibility index (Phi) is 7.39. The van der Waals surface area contributed by atoms with Crippen LogP contribution in [0.25, 0.3) is 0 Å². The number of halogens is 2. The minimum absolute atomic E-state index is 0.0407. The van der Waals surface area contributed by atoms with Crippen molar-refractivity contribution in [1.82, 2.24) is 24.7 Å². The fraction of sp³-hybridized carbons (Fsp3) is 0.448. The lowest BCUT2D eigenvalue weighted by Crippen LogP contribution is -2.48. The van der Waals surface area contributed by atoms with E-state index in [-0.39, 0.29) is 17.5 Å². The van der Waals surface area contributed by atoms with E-state index < -0.39 is 11.7 Å². The highest BCUT2D eigenvalue weighted by Crippen LogP contribution is 2.42. The van der Waals surface area contributed by atoms with Crippen LogP contribution in [-0.2, 0) is 13.0 Å². The third-order valence-corrected chi connectivity index (χ3v) is 9.56. The van der Waals surface area contributed by atoms with Gasteiger partial charge in [-0.2, -0.15) is 0 Å². The topological polar surface area (TPSA) is 78.4 Å². The number of carbonyl (C=O) groups excluding carboxylic acids is 2. The summed E-state index contributed by atoms with van der Waals surface area (Å²) in [6.45, 7) is 4.51. The first-order valence-corrected chi connectivity index (χ1v) is 14.8. The Bertz CT molecular complexity index is 1370. The monoisotopic (exact) mass is 567 g/mol. The molecule has 1 spiro atoms. The van der Waals surface area contributed by atoms with Gasteiger partial charge in [-0.1, -0.05) is 22.2 Å². The van der Waals surface area contributed by atoms with Crippen molar-refractivity contribution in [1.29, 1.82) is 0 Å². The molecular weight excluding hydrogens is 537 g/mol. The van der Waals surface area contributed by atoms with E-state index >= 15 is 0 Å². The van der Waals surface area contributed by atoms with Crippen LogP contribution in [0.1, 0.15) is 75.7 Å². The van der Waals surface area contributed by atoms with Crippen LogP contribution >= 0.6 is 23.1 Å². The minimum Gasteiger partial charge on any atom is -0.345 e. The Balaban J connectivity index is 1.07. The number of aromatic nitrogens is 2. The maximum Gasteiger partial charge on any atom is 0.254 e. The van der Waals surface area contributed by atoms with Crippen molar-refractivity contribution in [2.75, 3.05) is 26.2 Å². The number of hydrogen-bond donors (Lipinski definition) is 1. The third-order valence-electron chi connectivity index (χ3n) is 8.77. The van der Waals surface area contributed by atoms with Gasteiger partial charge >= 0.3 is 0 Å². The SMILES string of the molecule is O=C(NC1CCc2ccc(C(=O)N3CCC4(CCN(Cc5csnn5)CC4)CC3)cc21)c1cc(Cl)ccc1F. The van der Waals surface area contributed by atoms with Crippen molar-refractivity contribution < 1.29 is 14.0 Å². The summed E-state index contributed by atoms with van der Waals surface area (Å²) in [7, 11) is 0. The molecule has 3 aromatic rings. The zero-order valence-electron chi connectivity index (χ0n) is 21.7. The Morgan fingerprint density at radius 3 is 2.59 bits per heavy atom. The molecule has 204 valence electrons. The highest BCUT2D eigenvalue weighted by Gasteiger charge is 2.39. The molecule has 10 heteroatoms. The van der Waals surface area contributed by atoms with E-state index in [4.69, 9.17) is 11.6 Å². The van der Waals surface area contributed by atoms with E-state index in [2.05, 4.69) is 19.8 Å². The molecule has 1 unspecified atom stereocenters. The van der Waals surface area contributed by atoms with Gasteiger partial charge in [0.05, 0.1) is 17.3 Å². The van der Waals surface area contributed by atoms with Crippen molar-refractivity contribution in [3.8, 4) is 0 Å². The number of nitrogens with one attached hydrogen (secondary N) is 1. The van der Waals surface area contributed by atoms with Crippen LogP contribution in [0.4, 0.5) is 4.39 Å². The highest BCUT2D eigenvalue weighted by molar-refractivity contribution is 7.03. The van der Waals surface area contributed by atoms with Gasteiger partial charge in [-0.05, 0) is 110 Å². The van der Waals surface area contributed by atoms with Crippen molar-refractivity contribution in [2.24, 2.45) is 5.41 Å². The van der Waals surface area contributed by atoms with E-state index in [1.54, 1.807) is 0 Å². The molecule has 1 aliphatic carbocycles. The predicted molar refractivity (Wildman–Crippen MR) is 148 cm³/mol. The summed E-state index contributed by atoms with van der Waals surface area (Å²) in [6, 6.07) is 9.50. The normalized spacial score (nSPS) is 20.7. The Hall–Kier alpha value is -2.88. The molecule has 3 heterocycles. The van der Waals surface area contributed by atoms with E-state index in [1.807, 2.05) is 28.5 Å². The summed E-state index contributed by atoms with van der Waals surface area (Å²) < 4.78 is 18.2. The molecule has 2 amide bonds. The Morgan fingerprint density at radius 1 is 1.08 bits per heavy atom. The number of benzene rings is 2. The highest BCUT2D eigenvalue weighted by atomic mass is 35.5. The Labute approximate surface area is 236 Å². The van der Waals surface area contributed by atoms with Crippen LogP contribution in [0.15, 0.2) is 41.8 Å². The number of fused-ring (bicyclic) bond motifs is 1. The maximum atomic E-state index is 14.2. The molecule has 1 aromatic heterocycles. The summed E-state index contributed by atoms with van der Waals surface area (Å²) in [5, 5.41) is 9.45. The molecule has 6 rings (SSSR count). The molecule has 0 saturated carbocycles. The second kappa shape index (κ2) is 10.9. The third kappa shape index (κ3) is 5.58. The van der Waals surface area contributed by atoms with Crippen molar-refractivity contribution >= 4 is 34.9 Å². The number of carbonyl (C=O) groups is 2. The zero-order valence-corrected chi connectivity index (χ0v) is 23.2. The molecule has 2 saturated heterocycles. The summed E-state index contributed by atoms with van der Waals surface area (Å²) in [5.41, 5.74) is 3.98. The van der Waals surface area contributed by atoms with Crippen LogP contribution < -0.4 is 5.32 Å². The molecule has 1 N–H and O–H groups in total. The molecular formula is C29H31ClFN5O2S. The van der Waals surface area contributed by atoms with Crippen molar-refractivity contribution in [3.05, 3.63) is 80.6 Å². The van der Waals surface area contributed by atoms with Crippen LogP contribution in [0, 0.1) is 11.2 Å².